The van der Waals surface area contributed by atoms with Gasteiger partial charge in [-0.3, -0.25) is 4.79 Å². The first kappa shape index (κ1) is 13.7. The quantitative estimate of drug-likeness (QED) is 0.911. The van der Waals surface area contributed by atoms with Crippen LogP contribution in [0.2, 0.25) is 0 Å². The Labute approximate surface area is 107 Å². The fourth-order valence-corrected chi connectivity index (χ4v) is 2.04. The lowest BCUT2D eigenvalue weighted by Crippen LogP contribution is -2.26. The molecule has 0 aromatic heterocycles. The number of hydrogen-bond donors (Lipinski definition) is 1. The molecule has 1 unspecified atom stereocenters. The molecule has 19 heavy (non-hydrogen) atoms. The van der Waals surface area contributed by atoms with E-state index in [2.05, 4.69) is 4.74 Å². The standard InChI is InChI=1S/C12H12F3NO3/c13-8-1-2-9(10(4-8)19-12(14)15)16-5-7(6-17)3-11(16)18/h1-2,4,7,12,17H,3,5-6H2. The van der Waals surface area contributed by atoms with Crippen LogP contribution in [0.1, 0.15) is 6.42 Å². The van der Waals surface area contributed by atoms with E-state index < -0.39 is 12.4 Å². The second kappa shape index (κ2) is 5.48. The zero-order chi connectivity index (χ0) is 14.0. The fraction of sp³-hybridized carbons (Fsp3) is 0.417. The lowest BCUT2D eigenvalue weighted by atomic mass is 10.1. The van der Waals surface area contributed by atoms with Crippen LogP contribution in [-0.2, 0) is 4.79 Å². The molecule has 7 heteroatoms. The van der Waals surface area contributed by atoms with Crippen LogP contribution >= 0.6 is 0 Å². The third-order valence-electron chi connectivity index (χ3n) is 2.89. The molecular weight excluding hydrogens is 263 g/mol. The van der Waals surface area contributed by atoms with Crippen molar-refractivity contribution in [3.8, 4) is 5.75 Å². The van der Waals surface area contributed by atoms with Crippen LogP contribution in [0.25, 0.3) is 0 Å². The van der Waals surface area contributed by atoms with Gasteiger partial charge >= 0.3 is 6.61 Å². The summed E-state index contributed by atoms with van der Waals surface area (Å²) in [6.07, 6.45) is 0.127. The summed E-state index contributed by atoms with van der Waals surface area (Å²) in [4.78, 5) is 13.0. The molecule has 0 radical (unpaired) electrons. The van der Waals surface area contributed by atoms with E-state index in [0.29, 0.717) is 0 Å². The van der Waals surface area contributed by atoms with Gasteiger partial charge < -0.3 is 14.7 Å². The number of aliphatic hydroxyl groups excluding tert-OH is 1. The highest BCUT2D eigenvalue weighted by molar-refractivity contribution is 5.97. The Balaban J connectivity index is 2.31. The molecule has 1 N–H and O–H groups in total. The Bertz CT molecular complexity index is 481. The number of rotatable bonds is 4. The van der Waals surface area contributed by atoms with E-state index in [1.165, 1.54) is 11.0 Å². The minimum absolute atomic E-state index is 0.0858. The molecule has 1 saturated heterocycles. The Morgan fingerprint density at radius 1 is 1.47 bits per heavy atom. The van der Waals surface area contributed by atoms with Gasteiger partial charge in [0.1, 0.15) is 5.82 Å². The average molecular weight is 275 g/mol. The molecular formula is C12H12F3NO3. The Hall–Kier alpha value is -1.76. The lowest BCUT2D eigenvalue weighted by molar-refractivity contribution is -0.117. The zero-order valence-corrected chi connectivity index (χ0v) is 9.85. The van der Waals surface area contributed by atoms with Crippen molar-refractivity contribution in [3.63, 3.8) is 0 Å². The summed E-state index contributed by atoms with van der Waals surface area (Å²) < 4.78 is 41.8. The minimum Gasteiger partial charge on any atom is -0.432 e. The van der Waals surface area contributed by atoms with Gasteiger partial charge in [-0.2, -0.15) is 8.78 Å². The maximum absolute atomic E-state index is 13.1. The van der Waals surface area contributed by atoms with Crippen LogP contribution < -0.4 is 9.64 Å². The predicted molar refractivity (Wildman–Crippen MR) is 60.6 cm³/mol. The van der Waals surface area contributed by atoms with Crippen LogP contribution in [0, 0.1) is 11.7 Å². The highest BCUT2D eigenvalue weighted by Gasteiger charge is 2.32. The molecule has 0 aliphatic carbocycles. The Kier molecular flexibility index (Phi) is 3.94. The van der Waals surface area contributed by atoms with Crippen molar-refractivity contribution in [1.29, 1.82) is 0 Å². The molecule has 1 aromatic rings. The number of benzene rings is 1. The van der Waals surface area contributed by atoms with Crippen molar-refractivity contribution in [2.75, 3.05) is 18.1 Å². The van der Waals surface area contributed by atoms with Gasteiger partial charge in [0.25, 0.3) is 0 Å². The smallest absolute Gasteiger partial charge is 0.387 e. The maximum atomic E-state index is 13.1. The molecule has 1 aliphatic rings. The Morgan fingerprint density at radius 2 is 2.21 bits per heavy atom. The zero-order valence-electron chi connectivity index (χ0n) is 9.85. The van der Waals surface area contributed by atoms with Gasteiger partial charge in [-0.15, -0.1) is 0 Å². The largest absolute Gasteiger partial charge is 0.432 e. The Morgan fingerprint density at radius 3 is 2.79 bits per heavy atom. The second-order valence-electron chi connectivity index (χ2n) is 4.25. The van der Waals surface area contributed by atoms with Gasteiger partial charge in [0.15, 0.2) is 5.75 Å². The van der Waals surface area contributed by atoms with Crippen molar-refractivity contribution >= 4 is 11.6 Å². The van der Waals surface area contributed by atoms with E-state index in [-0.39, 0.29) is 42.8 Å². The minimum atomic E-state index is -3.10. The van der Waals surface area contributed by atoms with Crippen LogP contribution in [0.3, 0.4) is 0 Å². The van der Waals surface area contributed by atoms with E-state index in [0.717, 1.165) is 12.1 Å². The maximum Gasteiger partial charge on any atom is 0.387 e. The van der Waals surface area contributed by atoms with Crippen LogP contribution in [0.4, 0.5) is 18.9 Å². The van der Waals surface area contributed by atoms with E-state index >= 15 is 0 Å². The normalized spacial score (nSPS) is 19.3. The molecule has 1 aromatic carbocycles. The molecule has 104 valence electrons. The number of halogens is 3. The highest BCUT2D eigenvalue weighted by atomic mass is 19.3. The molecule has 1 fully saturated rings. The first-order valence-electron chi connectivity index (χ1n) is 5.67. The first-order valence-corrected chi connectivity index (χ1v) is 5.67. The number of ether oxygens (including phenoxy) is 1. The predicted octanol–water partition coefficient (Wildman–Crippen LogP) is 1.77. The number of carbonyl (C=O) groups is 1. The van der Waals surface area contributed by atoms with Crippen molar-refractivity contribution in [3.05, 3.63) is 24.0 Å². The van der Waals surface area contributed by atoms with Crippen LogP contribution in [-0.4, -0.2) is 30.8 Å². The van der Waals surface area contributed by atoms with Gasteiger partial charge in [-0.25, -0.2) is 4.39 Å². The summed E-state index contributed by atoms with van der Waals surface area (Å²) in [6.45, 7) is -3.08. The van der Waals surface area contributed by atoms with E-state index in [9.17, 15) is 18.0 Å². The topological polar surface area (TPSA) is 49.8 Å². The first-order chi connectivity index (χ1) is 9.01. The second-order valence-corrected chi connectivity index (χ2v) is 4.25. The fourth-order valence-electron chi connectivity index (χ4n) is 2.04. The number of alkyl halides is 2. The lowest BCUT2D eigenvalue weighted by Gasteiger charge is -2.20. The SMILES string of the molecule is O=C1CC(CO)CN1c1ccc(F)cc1OC(F)F. The van der Waals surface area contributed by atoms with Crippen LogP contribution in [0.5, 0.6) is 5.75 Å². The third-order valence-corrected chi connectivity index (χ3v) is 2.89. The molecule has 0 spiro atoms. The van der Waals surface area contributed by atoms with Gasteiger partial charge in [-0.05, 0) is 12.1 Å². The van der Waals surface area contributed by atoms with Crippen molar-refractivity contribution in [2.45, 2.75) is 13.0 Å². The van der Waals surface area contributed by atoms with Gasteiger partial charge in [0, 0.05) is 31.6 Å². The van der Waals surface area contributed by atoms with Crippen LogP contribution in [0.15, 0.2) is 18.2 Å². The molecule has 1 aliphatic heterocycles. The van der Waals surface area contributed by atoms with E-state index in [1.54, 1.807) is 0 Å². The number of amides is 1. The average Bonchev–Trinajstić information content (AvgIpc) is 2.70. The molecule has 0 bridgehead atoms. The van der Waals surface area contributed by atoms with Crippen molar-refractivity contribution in [1.82, 2.24) is 0 Å². The van der Waals surface area contributed by atoms with E-state index in [4.69, 9.17) is 5.11 Å². The molecule has 2 rings (SSSR count). The monoisotopic (exact) mass is 275 g/mol. The van der Waals surface area contributed by atoms with Gasteiger partial charge in [-0.1, -0.05) is 0 Å². The molecule has 1 heterocycles. The van der Waals surface area contributed by atoms with E-state index in [1.807, 2.05) is 0 Å². The number of hydrogen-bond acceptors (Lipinski definition) is 3. The number of aliphatic hydroxyl groups is 1. The van der Waals surface area contributed by atoms with Crippen molar-refractivity contribution in [2.24, 2.45) is 5.92 Å². The summed E-state index contributed by atoms with van der Waals surface area (Å²) in [5.41, 5.74) is 0.0858. The summed E-state index contributed by atoms with van der Waals surface area (Å²) in [5, 5.41) is 9.02. The van der Waals surface area contributed by atoms with Gasteiger partial charge in [0.2, 0.25) is 5.91 Å². The molecule has 4 nitrogen and oxygen atoms in total. The summed E-state index contributed by atoms with van der Waals surface area (Å²) >= 11 is 0. The molecule has 1 amide bonds. The summed E-state index contributed by atoms with van der Waals surface area (Å²) in [5.74, 6) is -1.69. The van der Waals surface area contributed by atoms with Crippen molar-refractivity contribution < 1.29 is 27.8 Å². The number of anilines is 1. The van der Waals surface area contributed by atoms with Gasteiger partial charge in [0.05, 0.1) is 5.69 Å². The highest BCUT2D eigenvalue weighted by Crippen LogP contribution is 2.34. The molecule has 1 atom stereocenters. The third kappa shape index (κ3) is 2.98. The summed E-state index contributed by atoms with van der Waals surface area (Å²) in [7, 11) is 0. The molecule has 0 saturated carbocycles. The number of carbonyl (C=O) groups excluding carboxylic acids is 1. The number of nitrogens with zero attached hydrogens (tertiary/aromatic N) is 1. The summed E-state index contributed by atoms with van der Waals surface area (Å²) in [6, 6.07) is 3.08.